The third-order valence-corrected chi connectivity index (χ3v) is 4.16. The summed E-state index contributed by atoms with van der Waals surface area (Å²) in [6, 6.07) is 0. The minimum Gasteiger partial charge on any atom is -0.390 e. The predicted molar refractivity (Wildman–Crippen MR) is 52.7 cm³/mol. The van der Waals surface area contributed by atoms with Gasteiger partial charge < -0.3 is 15.3 Å². The molecular weight excluding hydrogens is 180 g/mol. The molecule has 3 heteroatoms. The zero-order chi connectivity index (χ0) is 10.6. The van der Waals surface area contributed by atoms with Gasteiger partial charge in [0.25, 0.3) is 0 Å². The van der Waals surface area contributed by atoms with Gasteiger partial charge in [-0.2, -0.15) is 0 Å². The number of aliphatic hydroxyl groups excluding tert-OH is 2. The molecule has 2 rings (SSSR count). The van der Waals surface area contributed by atoms with Crippen molar-refractivity contribution in [3.8, 4) is 0 Å². The average molecular weight is 198 g/mol. The number of aliphatic hydroxyl groups is 3. The van der Waals surface area contributed by atoms with E-state index in [0.717, 1.165) is 18.4 Å². The van der Waals surface area contributed by atoms with Crippen molar-refractivity contribution in [3.63, 3.8) is 0 Å². The standard InChI is InChI=1S/C11H18O3/c1-10-6-9(13)8(12)5-7(10)3-4-11(10,2)14/h5,8-9,12-14H,3-4,6H2,1-2H3/t8?,9?,10-,11-/m0/s1. The summed E-state index contributed by atoms with van der Waals surface area (Å²) in [5.41, 5.74) is -0.00806. The monoisotopic (exact) mass is 198 g/mol. The average Bonchev–Trinajstić information content (AvgIpc) is 2.28. The summed E-state index contributed by atoms with van der Waals surface area (Å²) in [6.45, 7) is 3.79. The molecule has 0 bridgehead atoms. The SMILES string of the molecule is C[C@]1(O)CCC2=CC(O)C(O)C[C@@]21C. The van der Waals surface area contributed by atoms with Crippen molar-refractivity contribution in [2.75, 3.05) is 0 Å². The van der Waals surface area contributed by atoms with Crippen LogP contribution in [0, 0.1) is 5.41 Å². The van der Waals surface area contributed by atoms with E-state index in [1.807, 2.05) is 13.8 Å². The van der Waals surface area contributed by atoms with Gasteiger partial charge >= 0.3 is 0 Å². The molecule has 0 aliphatic heterocycles. The van der Waals surface area contributed by atoms with Crippen LogP contribution in [0.5, 0.6) is 0 Å². The maximum Gasteiger partial charge on any atom is 0.0983 e. The molecule has 3 nitrogen and oxygen atoms in total. The van der Waals surface area contributed by atoms with Crippen LogP contribution in [0.4, 0.5) is 0 Å². The van der Waals surface area contributed by atoms with E-state index in [1.165, 1.54) is 0 Å². The largest absolute Gasteiger partial charge is 0.390 e. The van der Waals surface area contributed by atoms with Crippen molar-refractivity contribution in [1.29, 1.82) is 0 Å². The second kappa shape index (κ2) is 2.81. The first-order valence-corrected chi connectivity index (χ1v) is 5.16. The van der Waals surface area contributed by atoms with Gasteiger partial charge in [0.05, 0.1) is 17.8 Å². The Hall–Kier alpha value is -0.380. The molecule has 0 radical (unpaired) electrons. The molecule has 80 valence electrons. The molecule has 0 aromatic rings. The quantitative estimate of drug-likeness (QED) is 0.499. The van der Waals surface area contributed by atoms with Crippen molar-refractivity contribution in [1.82, 2.24) is 0 Å². The summed E-state index contributed by atoms with van der Waals surface area (Å²) in [6.07, 6.45) is 2.21. The van der Waals surface area contributed by atoms with E-state index in [0.29, 0.717) is 6.42 Å². The Morgan fingerprint density at radius 1 is 1.36 bits per heavy atom. The molecule has 0 aromatic heterocycles. The summed E-state index contributed by atoms with van der Waals surface area (Å²) in [5.74, 6) is 0. The lowest BCUT2D eigenvalue weighted by Gasteiger charge is -2.42. The molecule has 4 atom stereocenters. The zero-order valence-electron chi connectivity index (χ0n) is 8.70. The first-order valence-electron chi connectivity index (χ1n) is 5.16. The second-order valence-corrected chi connectivity index (χ2v) is 5.06. The normalized spacial score (nSPS) is 52.8. The maximum atomic E-state index is 10.2. The van der Waals surface area contributed by atoms with Crippen LogP contribution in [0.15, 0.2) is 11.6 Å². The molecule has 3 N–H and O–H groups in total. The Morgan fingerprint density at radius 3 is 2.64 bits per heavy atom. The van der Waals surface area contributed by atoms with E-state index in [2.05, 4.69) is 0 Å². The van der Waals surface area contributed by atoms with E-state index >= 15 is 0 Å². The van der Waals surface area contributed by atoms with Crippen molar-refractivity contribution in [2.24, 2.45) is 5.41 Å². The van der Waals surface area contributed by atoms with Gasteiger partial charge in [0.2, 0.25) is 0 Å². The smallest absolute Gasteiger partial charge is 0.0983 e. The van der Waals surface area contributed by atoms with Crippen LogP contribution in [0.1, 0.15) is 33.1 Å². The van der Waals surface area contributed by atoms with Crippen molar-refractivity contribution >= 4 is 0 Å². The first-order chi connectivity index (χ1) is 6.37. The van der Waals surface area contributed by atoms with Gasteiger partial charge in [-0.1, -0.05) is 18.6 Å². The number of fused-ring (bicyclic) bond motifs is 1. The van der Waals surface area contributed by atoms with Gasteiger partial charge in [-0.15, -0.1) is 0 Å². The molecule has 0 spiro atoms. The zero-order valence-corrected chi connectivity index (χ0v) is 8.70. The van der Waals surface area contributed by atoms with Gasteiger partial charge in [0, 0.05) is 5.41 Å². The lowest BCUT2D eigenvalue weighted by molar-refractivity contribution is -0.0689. The van der Waals surface area contributed by atoms with Crippen molar-refractivity contribution in [2.45, 2.75) is 50.9 Å². The highest BCUT2D eigenvalue weighted by atomic mass is 16.3. The summed E-state index contributed by atoms with van der Waals surface area (Å²) < 4.78 is 0. The minimum absolute atomic E-state index is 0.356. The van der Waals surface area contributed by atoms with Crippen LogP contribution in [-0.4, -0.2) is 33.1 Å². The molecular formula is C11H18O3. The lowest BCUT2D eigenvalue weighted by Crippen LogP contribution is -2.46. The third kappa shape index (κ3) is 1.16. The maximum absolute atomic E-state index is 10.2. The number of hydrogen-bond donors (Lipinski definition) is 3. The Balaban J connectivity index is 2.40. The Morgan fingerprint density at radius 2 is 2.00 bits per heavy atom. The second-order valence-electron chi connectivity index (χ2n) is 5.06. The number of rotatable bonds is 0. The van der Waals surface area contributed by atoms with Gasteiger partial charge in [-0.25, -0.2) is 0 Å². The fraction of sp³-hybridized carbons (Fsp3) is 0.818. The summed E-state index contributed by atoms with van der Waals surface area (Å²) >= 11 is 0. The molecule has 1 fully saturated rings. The van der Waals surface area contributed by atoms with Gasteiger partial charge in [-0.05, 0) is 26.2 Å². The first kappa shape index (κ1) is 10.1. The summed E-state index contributed by atoms with van der Waals surface area (Å²) in [7, 11) is 0. The topological polar surface area (TPSA) is 60.7 Å². The van der Waals surface area contributed by atoms with Crippen LogP contribution in [0.25, 0.3) is 0 Å². The minimum atomic E-state index is -0.757. The van der Waals surface area contributed by atoms with Gasteiger partial charge in [0.15, 0.2) is 0 Å². The highest BCUT2D eigenvalue weighted by Crippen LogP contribution is 2.54. The highest BCUT2D eigenvalue weighted by Gasteiger charge is 2.53. The molecule has 0 aromatic carbocycles. The molecule has 2 unspecified atom stereocenters. The highest BCUT2D eigenvalue weighted by molar-refractivity contribution is 5.30. The van der Waals surface area contributed by atoms with Gasteiger partial charge in [0.1, 0.15) is 0 Å². The molecule has 14 heavy (non-hydrogen) atoms. The van der Waals surface area contributed by atoms with Crippen LogP contribution in [0.2, 0.25) is 0 Å². The molecule has 0 heterocycles. The van der Waals surface area contributed by atoms with Crippen LogP contribution < -0.4 is 0 Å². The van der Waals surface area contributed by atoms with Gasteiger partial charge in [-0.3, -0.25) is 0 Å². The molecule has 1 saturated carbocycles. The van der Waals surface area contributed by atoms with Crippen LogP contribution >= 0.6 is 0 Å². The molecule has 0 saturated heterocycles. The fourth-order valence-electron chi connectivity index (χ4n) is 2.75. The Bertz CT molecular complexity index is 282. The molecule has 2 aliphatic rings. The van der Waals surface area contributed by atoms with Crippen molar-refractivity contribution in [3.05, 3.63) is 11.6 Å². The van der Waals surface area contributed by atoms with E-state index in [1.54, 1.807) is 6.08 Å². The van der Waals surface area contributed by atoms with E-state index in [4.69, 9.17) is 0 Å². The lowest BCUT2D eigenvalue weighted by atomic mass is 9.67. The third-order valence-electron chi connectivity index (χ3n) is 4.16. The van der Waals surface area contributed by atoms with Crippen molar-refractivity contribution < 1.29 is 15.3 Å². The number of hydrogen-bond acceptors (Lipinski definition) is 3. The van der Waals surface area contributed by atoms with Crippen LogP contribution in [-0.2, 0) is 0 Å². The Labute approximate surface area is 84.1 Å². The van der Waals surface area contributed by atoms with E-state index in [-0.39, 0.29) is 5.41 Å². The molecule has 2 aliphatic carbocycles. The summed E-state index contributed by atoms with van der Waals surface area (Å²) in [5, 5.41) is 29.3. The van der Waals surface area contributed by atoms with E-state index < -0.39 is 17.8 Å². The summed E-state index contributed by atoms with van der Waals surface area (Å²) in [4.78, 5) is 0. The van der Waals surface area contributed by atoms with E-state index in [9.17, 15) is 15.3 Å². The predicted octanol–water partition coefficient (Wildman–Crippen LogP) is 0.589. The molecule has 0 amide bonds. The van der Waals surface area contributed by atoms with Crippen LogP contribution in [0.3, 0.4) is 0 Å². The Kier molecular flexibility index (Phi) is 2.04. The fourth-order valence-corrected chi connectivity index (χ4v) is 2.75.